The van der Waals surface area contributed by atoms with Gasteiger partial charge in [0, 0.05) is 29.0 Å². The second-order valence-electron chi connectivity index (χ2n) is 10.6. The summed E-state index contributed by atoms with van der Waals surface area (Å²) in [6, 6.07) is 28.1. The molecule has 3 aromatic carbocycles. The summed E-state index contributed by atoms with van der Waals surface area (Å²) in [5, 5.41) is 3.98. The lowest BCUT2D eigenvalue weighted by Crippen LogP contribution is -2.29. The summed E-state index contributed by atoms with van der Waals surface area (Å²) >= 11 is 5.89. The monoisotopic (exact) mass is 598 g/mol. The number of para-hydroxylation sites is 1. The highest BCUT2D eigenvalue weighted by Crippen LogP contribution is 2.44. The molecule has 0 bridgehead atoms. The van der Waals surface area contributed by atoms with Gasteiger partial charge in [-0.2, -0.15) is 13.2 Å². The second kappa shape index (κ2) is 11.2. The van der Waals surface area contributed by atoms with E-state index >= 15 is 0 Å². The van der Waals surface area contributed by atoms with Crippen molar-refractivity contribution < 1.29 is 17.9 Å². The fraction of sp³-hybridized carbons (Fsp3) is 0.176. The maximum absolute atomic E-state index is 13.6. The highest BCUT2D eigenvalue weighted by molar-refractivity contribution is 7.80. The van der Waals surface area contributed by atoms with Gasteiger partial charge in [-0.05, 0) is 111 Å². The fourth-order valence-corrected chi connectivity index (χ4v) is 6.07. The number of nitrogens with one attached hydrogen (secondary N) is 1. The van der Waals surface area contributed by atoms with E-state index in [4.69, 9.17) is 17.0 Å². The minimum absolute atomic E-state index is 0.299. The predicted octanol–water partition coefficient (Wildman–Crippen LogP) is 8.79. The number of halogens is 3. The zero-order valence-corrected chi connectivity index (χ0v) is 24.6. The predicted molar refractivity (Wildman–Crippen MR) is 166 cm³/mol. The zero-order chi connectivity index (χ0) is 30.3. The van der Waals surface area contributed by atoms with Crippen LogP contribution in [0.1, 0.15) is 45.9 Å². The van der Waals surface area contributed by atoms with Crippen molar-refractivity contribution in [3.8, 4) is 17.2 Å². The third-order valence-corrected chi connectivity index (χ3v) is 8.07. The van der Waals surface area contributed by atoms with Crippen LogP contribution in [0.5, 0.6) is 11.5 Å². The lowest BCUT2D eigenvalue weighted by atomic mass is 9.96. The summed E-state index contributed by atoms with van der Waals surface area (Å²) < 4.78 is 48.7. The molecular formula is C34H29F3N4OS. The van der Waals surface area contributed by atoms with Crippen LogP contribution >= 0.6 is 12.2 Å². The topological polar surface area (TPSA) is 42.3 Å². The van der Waals surface area contributed by atoms with Crippen molar-refractivity contribution in [2.24, 2.45) is 0 Å². The van der Waals surface area contributed by atoms with E-state index in [9.17, 15) is 13.2 Å². The number of nitrogens with zero attached hydrogens (tertiary/aromatic N) is 3. The Balaban J connectivity index is 1.42. The number of hydrogen-bond donors (Lipinski definition) is 1. The lowest BCUT2D eigenvalue weighted by molar-refractivity contribution is -0.137. The summed E-state index contributed by atoms with van der Waals surface area (Å²) in [4.78, 5) is 6.67. The molecule has 218 valence electrons. The molecule has 43 heavy (non-hydrogen) atoms. The average Bonchev–Trinajstić information content (AvgIpc) is 3.49. The lowest BCUT2D eigenvalue weighted by Gasteiger charge is -2.28. The van der Waals surface area contributed by atoms with E-state index in [2.05, 4.69) is 10.3 Å². The minimum atomic E-state index is -4.44. The number of benzene rings is 3. The van der Waals surface area contributed by atoms with E-state index in [1.807, 2.05) is 103 Å². The van der Waals surface area contributed by atoms with Gasteiger partial charge in [0.25, 0.3) is 0 Å². The van der Waals surface area contributed by atoms with Crippen molar-refractivity contribution in [1.82, 2.24) is 14.9 Å². The molecule has 1 N–H and O–H groups in total. The van der Waals surface area contributed by atoms with Gasteiger partial charge in [0.1, 0.15) is 11.5 Å². The molecule has 0 radical (unpaired) electrons. The van der Waals surface area contributed by atoms with Gasteiger partial charge >= 0.3 is 6.18 Å². The molecule has 1 aliphatic heterocycles. The number of thiocarbonyl (C=S) groups is 1. The number of aryl methyl sites for hydroxylation is 2. The first-order valence-electron chi connectivity index (χ1n) is 13.8. The van der Waals surface area contributed by atoms with Gasteiger partial charge in [-0.3, -0.25) is 4.98 Å². The molecule has 6 rings (SSSR count). The maximum Gasteiger partial charge on any atom is 0.416 e. The molecule has 0 unspecified atom stereocenters. The average molecular weight is 599 g/mol. The van der Waals surface area contributed by atoms with Gasteiger partial charge < -0.3 is 19.5 Å². The molecule has 3 heterocycles. The SMILES string of the molecule is Cc1ccccc1Oc1ccc(N2C(=S)N[C@@H](c3ccccn3)[C@H]2c2cc(C)n(-c3cccc(C(F)(F)F)c3)c2C)cc1. The molecular weight excluding hydrogens is 569 g/mol. The molecule has 1 saturated heterocycles. The standard InChI is InChI=1S/C34H29F3N4OS/c1-21-9-4-5-13-30(21)42-27-16-14-25(15-17-27)41-32(31(39-33(41)43)29-12-6-7-18-38-29)28-19-22(2)40(23(28)3)26-11-8-10-24(20-26)34(35,36)37/h4-20,31-32H,1-3H3,(H,39,43)/t31-,32+/m0/s1. The molecule has 5 nitrogen and oxygen atoms in total. The Kier molecular flexibility index (Phi) is 7.43. The van der Waals surface area contributed by atoms with Gasteiger partial charge in [0.2, 0.25) is 0 Å². The molecule has 0 aliphatic carbocycles. The van der Waals surface area contributed by atoms with E-state index < -0.39 is 11.7 Å². The van der Waals surface area contributed by atoms with Crippen LogP contribution in [-0.4, -0.2) is 14.7 Å². The van der Waals surface area contributed by atoms with Crippen LogP contribution < -0.4 is 15.0 Å². The number of anilines is 1. The largest absolute Gasteiger partial charge is 0.457 e. The Labute approximate surface area is 253 Å². The smallest absolute Gasteiger partial charge is 0.416 e. The third-order valence-electron chi connectivity index (χ3n) is 7.75. The zero-order valence-electron chi connectivity index (χ0n) is 23.8. The first-order valence-corrected chi connectivity index (χ1v) is 14.2. The number of pyridine rings is 1. The van der Waals surface area contributed by atoms with Crippen molar-refractivity contribution in [2.45, 2.75) is 39.0 Å². The number of ether oxygens (including phenoxy) is 1. The Morgan fingerprint density at radius 1 is 0.837 bits per heavy atom. The van der Waals surface area contributed by atoms with Crippen LogP contribution in [0.2, 0.25) is 0 Å². The fourth-order valence-electron chi connectivity index (χ4n) is 5.73. The molecule has 1 aliphatic rings. The quantitative estimate of drug-likeness (QED) is 0.198. The van der Waals surface area contributed by atoms with Gasteiger partial charge in [-0.1, -0.05) is 30.3 Å². The number of alkyl halides is 3. The molecule has 2 atom stereocenters. The summed E-state index contributed by atoms with van der Waals surface area (Å²) in [5.41, 5.74) is 5.00. The summed E-state index contributed by atoms with van der Waals surface area (Å²) in [7, 11) is 0. The van der Waals surface area contributed by atoms with E-state index in [0.717, 1.165) is 45.7 Å². The number of aromatic nitrogens is 2. The maximum atomic E-state index is 13.6. The summed E-state index contributed by atoms with van der Waals surface area (Å²) in [6.45, 7) is 5.82. The summed E-state index contributed by atoms with van der Waals surface area (Å²) in [5.74, 6) is 1.47. The van der Waals surface area contributed by atoms with Crippen molar-refractivity contribution in [2.75, 3.05) is 4.90 Å². The van der Waals surface area contributed by atoms with Crippen molar-refractivity contribution >= 4 is 23.0 Å². The van der Waals surface area contributed by atoms with Crippen molar-refractivity contribution in [3.05, 3.63) is 137 Å². The Morgan fingerprint density at radius 2 is 1.58 bits per heavy atom. The Morgan fingerprint density at radius 3 is 2.28 bits per heavy atom. The second-order valence-corrected chi connectivity index (χ2v) is 11.0. The minimum Gasteiger partial charge on any atom is -0.457 e. The van der Waals surface area contributed by atoms with Gasteiger partial charge in [-0.25, -0.2) is 0 Å². The Bertz CT molecular complexity index is 1780. The third kappa shape index (κ3) is 5.48. The van der Waals surface area contributed by atoms with Crippen molar-refractivity contribution in [3.63, 3.8) is 0 Å². The molecule has 0 spiro atoms. The van der Waals surface area contributed by atoms with Crippen LogP contribution in [0.4, 0.5) is 18.9 Å². The summed E-state index contributed by atoms with van der Waals surface area (Å²) in [6.07, 6.45) is -2.70. The van der Waals surface area contributed by atoms with Gasteiger partial charge in [0.05, 0.1) is 23.3 Å². The van der Waals surface area contributed by atoms with E-state index in [-0.39, 0.29) is 12.1 Å². The molecule has 9 heteroatoms. The molecule has 5 aromatic rings. The van der Waals surface area contributed by atoms with Crippen LogP contribution in [0, 0.1) is 20.8 Å². The Hall–Kier alpha value is -4.63. The van der Waals surface area contributed by atoms with Crippen LogP contribution in [-0.2, 0) is 6.18 Å². The van der Waals surface area contributed by atoms with E-state index in [0.29, 0.717) is 16.5 Å². The van der Waals surface area contributed by atoms with Crippen molar-refractivity contribution in [1.29, 1.82) is 0 Å². The number of hydrogen-bond acceptors (Lipinski definition) is 3. The first kappa shape index (κ1) is 28.5. The molecule has 2 aromatic heterocycles. The molecule has 1 fully saturated rings. The number of rotatable bonds is 6. The van der Waals surface area contributed by atoms with Crippen LogP contribution in [0.25, 0.3) is 5.69 Å². The normalized spacial score (nSPS) is 16.8. The first-order chi connectivity index (χ1) is 20.6. The highest BCUT2D eigenvalue weighted by atomic mass is 32.1. The van der Waals surface area contributed by atoms with Gasteiger partial charge in [0.15, 0.2) is 5.11 Å². The van der Waals surface area contributed by atoms with Gasteiger partial charge in [-0.15, -0.1) is 0 Å². The molecule has 0 saturated carbocycles. The van der Waals surface area contributed by atoms with Crippen LogP contribution in [0.3, 0.4) is 0 Å². The van der Waals surface area contributed by atoms with E-state index in [1.165, 1.54) is 12.1 Å². The molecule has 0 amide bonds. The van der Waals surface area contributed by atoms with E-state index in [1.54, 1.807) is 12.3 Å². The van der Waals surface area contributed by atoms with Crippen LogP contribution in [0.15, 0.2) is 103 Å². The highest BCUT2D eigenvalue weighted by Gasteiger charge is 2.42.